The number of aliphatic imine (C=N–C) groups is 1. The van der Waals surface area contributed by atoms with Crippen LogP contribution in [0.2, 0.25) is 5.02 Å². The van der Waals surface area contributed by atoms with Crippen LogP contribution in [0.3, 0.4) is 0 Å². The molecule has 124 valence electrons. The van der Waals surface area contributed by atoms with Gasteiger partial charge in [-0.1, -0.05) is 62.7 Å². The van der Waals surface area contributed by atoms with Crippen LogP contribution in [-0.2, 0) is 4.74 Å². The lowest BCUT2D eigenvalue weighted by Gasteiger charge is -2.26. The smallest absolute Gasteiger partial charge is 0.190 e. The first-order valence-electron chi connectivity index (χ1n) is 8.19. The maximum Gasteiger partial charge on any atom is 0.190 e. The van der Waals surface area contributed by atoms with Crippen molar-refractivity contribution in [3.8, 4) is 0 Å². The molecule has 1 heterocycles. The lowest BCUT2D eigenvalue weighted by atomic mass is 9.82. The van der Waals surface area contributed by atoms with Gasteiger partial charge in [0.15, 0.2) is 5.90 Å². The first-order chi connectivity index (χ1) is 10.9. The van der Waals surface area contributed by atoms with Gasteiger partial charge in [0.1, 0.15) is 6.61 Å². The summed E-state index contributed by atoms with van der Waals surface area (Å²) in [5.74, 6) is 1.38. The molecule has 0 aliphatic carbocycles. The molecule has 0 spiro atoms. The predicted octanol–water partition coefficient (Wildman–Crippen LogP) is 5.78. The zero-order chi connectivity index (χ0) is 16.9. The van der Waals surface area contributed by atoms with Gasteiger partial charge in [0.25, 0.3) is 0 Å². The molecule has 3 heteroatoms. The first-order valence-corrected chi connectivity index (χ1v) is 8.56. The Labute approximate surface area is 144 Å². The summed E-state index contributed by atoms with van der Waals surface area (Å²) in [7, 11) is 0. The number of rotatable bonds is 7. The molecule has 2 atom stereocenters. The van der Waals surface area contributed by atoms with E-state index < -0.39 is 0 Å². The summed E-state index contributed by atoms with van der Waals surface area (Å²) in [5, 5.41) is 0.757. The zero-order valence-electron chi connectivity index (χ0n) is 14.3. The molecule has 0 amide bonds. The van der Waals surface area contributed by atoms with Gasteiger partial charge < -0.3 is 4.74 Å². The molecule has 1 aromatic carbocycles. The van der Waals surface area contributed by atoms with Gasteiger partial charge >= 0.3 is 0 Å². The van der Waals surface area contributed by atoms with Gasteiger partial charge in [0.05, 0.1) is 11.5 Å². The Morgan fingerprint density at radius 1 is 1.35 bits per heavy atom. The third kappa shape index (κ3) is 4.71. The molecule has 0 fully saturated rings. The minimum absolute atomic E-state index is 0.131. The van der Waals surface area contributed by atoms with Gasteiger partial charge in [-0.3, -0.25) is 0 Å². The summed E-state index contributed by atoms with van der Waals surface area (Å²) in [5.41, 5.74) is 1.01. The van der Waals surface area contributed by atoms with Crippen molar-refractivity contribution >= 4 is 23.6 Å². The Kier molecular flexibility index (Phi) is 6.06. The monoisotopic (exact) mass is 331 g/mol. The SMILES string of the molecule is C=CC[C@@](C)(C/C=C/c1ccc(Cl)cc1)C1=NC(C(C)C)CO1. The molecule has 2 rings (SSSR count). The summed E-state index contributed by atoms with van der Waals surface area (Å²) in [6.07, 6.45) is 7.96. The molecule has 0 saturated heterocycles. The topological polar surface area (TPSA) is 21.6 Å². The second-order valence-corrected chi connectivity index (χ2v) is 7.20. The van der Waals surface area contributed by atoms with E-state index in [1.54, 1.807) is 0 Å². The third-order valence-corrected chi connectivity index (χ3v) is 4.56. The third-order valence-electron chi connectivity index (χ3n) is 4.30. The predicted molar refractivity (Wildman–Crippen MR) is 100 cm³/mol. The highest BCUT2D eigenvalue weighted by molar-refractivity contribution is 6.30. The van der Waals surface area contributed by atoms with E-state index in [0.717, 1.165) is 29.3 Å². The molecular weight excluding hydrogens is 306 g/mol. The van der Waals surface area contributed by atoms with Crippen molar-refractivity contribution < 1.29 is 4.74 Å². The van der Waals surface area contributed by atoms with E-state index in [1.807, 2.05) is 30.3 Å². The van der Waals surface area contributed by atoms with E-state index in [4.69, 9.17) is 21.3 Å². The maximum atomic E-state index is 5.92. The fraction of sp³-hybridized carbons (Fsp3) is 0.450. The van der Waals surface area contributed by atoms with Crippen molar-refractivity contribution in [3.05, 3.63) is 53.6 Å². The van der Waals surface area contributed by atoms with Crippen molar-refractivity contribution in [2.24, 2.45) is 16.3 Å². The van der Waals surface area contributed by atoms with Crippen LogP contribution in [0.1, 0.15) is 39.2 Å². The summed E-state index contributed by atoms with van der Waals surface area (Å²) < 4.78 is 5.91. The summed E-state index contributed by atoms with van der Waals surface area (Å²) in [6, 6.07) is 8.11. The van der Waals surface area contributed by atoms with Crippen LogP contribution >= 0.6 is 11.6 Å². The zero-order valence-corrected chi connectivity index (χ0v) is 15.0. The van der Waals surface area contributed by atoms with Gasteiger partial charge in [-0.15, -0.1) is 6.58 Å². The summed E-state index contributed by atoms with van der Waals surface area (Å²) in [4.78, 5) is 4.81. The van der Waals surface area contributed by atoms with Crippen molar-refractivity contribution in [2.75, 3.05) is 6.61 Å². The Morgan fingerprint density at radius 3 is 2.61 bits per heavy atom. The molecule has 0 bridgehead atoms. The Bertz CT molecular complexity index is 588. The standard InChI is InChI=1S/C20H26ClNO/c1-5-12-20(4,19-22-18(14-23-19)15(2)3)13-6-7-16-8-10-17(21)11-9-16/h5-11,15,18H,1,12-14H2,2-4H3/b7-6+/t18?,20-/m0/s1. The van der Waals surface area contributed by atoms with Crippen molar-refractivity contribution in [3.63, 3.8) is 0 Å². The second kappa shape index (κ2) is 7.83. The highest BCUT2D eigenvalue weighted by Crippen LogP contribution is 2.33. The van der Waals surface area contributed by atoms with Crippen LogP contribution in [-0.4, -0.2) is 18.5 Å². The number of allylic oxidation sites excluding steroid dienone is 2. The second-order valence-electron chi connectivity index (χ2n) is 6.77. The number of ether oxygens (including phenoxy) is 1. The molecule has 0 N–H and O–H groups in total. The lowest BCUT2D eigenvalue weighted by Crippen LogP contribution is -2.27. The number of benzene rings is 1. The molecule has 0 aromatic heterocycles. The molecule has 2 nitrogen and oxygen atoms in total. The molecule has 1 aliphatic heterocycles. The van der Waals surface area contributed by atoms with Crippen LogP contribution in [0.15, 0.2) is 48.0 Å². The van der Waals surface area contributed by atoms with Gasteiger partial charge in [0.2, 0.25) is 0 Å². The summed E-state index contributed by atoms with van der Waals surface area (Å²) in [6.45, 7) is 11.2. The number of halogens is 1. The minimum Gasteiger partial charge on any atom is -0.478 e. The van der Waals surface area contributed by atoms with E-state index >= 15 is 0 Å². The lowest BCUT2D eigenvalue weighted by molar-refractivity contribution is 0.254. The van der Waals surface area contributed by atoms with Crippen molar-refractivity contribution in [2.45, 2.75) is 39.7 Å². The van der Waals surface area contributed by atoms with Crippen LogP contribution in [0.4, 0.5) is 0 Å². The van der Waals surface area contributed by atoms with E-state index in [9.17, 15) is 0 Å². The largest absolute Gasteiger partial charge is 0.478 e. The molecule has 23 heavy (non-hydrogen) atoms. The quantitative estimate of drug-likeness (QED) is 0.580. The van der Waals surface area contributed by atoms with E-state index in [2.05, 4.69) is 39.5 Å². The van der Waals surface area contributed by atoms with Crippen LogP contribution in [0.25, 0.3) is 6.08 Å². The first kappa shape index (κ1) is 17.8. The van der Waals surface area contributed by atoms with Crippen LogP contribution < -0.4 is 0 Å². The van der Waals surface area contributed by atoms with Crippen molar-refractivity contribution in [1.29, 1.82) is 0 Å². The van der Waals surface area contributed by atoms with Crippen LogP contribution in [0, 0.1) is 11.3 Å². The van der Waals surface area contributed by atoms with Gasteiger partial charge in [-0.2, -0.15) is 0 Å². The molecule has 1 unspecified atom stereocenters. The average Bonchev–Trinajstić information content (AvgIpc) is 3.00. The maximum absolute atomic E-state index is 5.92. The van der Waals surface area contributed by atoms with E-state index in [1.165, 1.54) is 0 Å². The van der Waals surface area contributed by atoms with Crippen LogP contribution in [0.5, 0.6) is 0 Å². The number of hydrogen-bond acceptors (Lipinski definition) is 2. The molecule has 1 aromatic rings. The molecule has 0 saturated carbocycles. The van der Waals surface area contributed by atoms with E-state index in [0.29, 0.717) is 12.5 Å². The number of hydrogen-bond donors (Lipinski definition) is 0. The van der Waals surface area contributed by atoms with E-state index in [-0.39, 0.29) is 11.5 Å². The minimum atomic E-state index is -0.131. The van der Waals surface area contributed by atoms with Gasteiger partial charge in [0, 0.05) is 5.02 Å². The highest BCUT2D eigenvalue weighted by atomic mass is 35.5. The van der Waals surface area contributed by atoms with Gasteiger partial charge in [-0.05, 0) is 36.5 Å². The normalized spacial score (nSPS) is 20.4. The molecule has 0 radical (unpaired) electrons. The molecule has 1 aliphatic rings. The fourth-order valence-corrected chi connectivity index (χ4v) is 2.79. The fourth-order valence-electron chi connectivity index (χ4n) is 2.67. The Hall–Kier alpha value is -1.54. The average molecular weight is 332 g/mol. The highest BCUT2D eigenvalue weighted by Gasteiger charge is 2.35. The van der Waals surface area contributed by atoms with Gasteiger partial charge in [-0.25, -0.2) is 4.99 Å². The van der Waals surface area contributed by atoms with Crippen molar-refractivity contribution in [1.82, 2.24) is 0 Å². The summed E-state index contributed by atoms with van der Waals surface area (Å²) >= 11 is 5.92. The Morgan fingerprint density at radius 2 is 2.04 bits per heavy atom. The molecular formula is C20H26ClNO. The Balaban J connectivity index is 2.10. The number of nitrogens with zero attached hydrogens (tertiary/aromatic N) is 1.